The van der Waals surface area contributed by atoms with Gasteiger partial charge >= 0.3 is 0 Å². The smallest absolute Gasteiger partial charge is 0.102 e. The summed E-state index contributed by atoms with van der Waals surface area (Å²) in [4.78, 5) is 0. The number of nitrogens with zero attached hydrogens (tertiary/aromatic N) is 1. The van der Waals surface area contributed by atoms with Crippen molar-refractivity contribution < 1.29 is 14.9 Å². The summed E-state index contributed by atoms with van der Waals surface area (Å²) < 4.78 is 4.86. The lowest BCUT2D eigenvalue weighted by Crippen LogP contribution is -2.46. The average molecular weight is 135 g/mol. The van der Waals surface area contributed by atoms with Gasteiger partial charge in [0.25, 0.3) is 0 Å². The summed E-state index contributed by atoms with van der Waals surface area (Å²) in [5, 5.41) is 11.0. The molecule has 4 nitrogen and oxygen atoms in total. The second-order valence-electron chi connectivity index (χ2n) is 2.36. The molecule has 1 fully saturated rings. The fraction of sp³-hybridized carbons (Fsp3) is 1.00. The van der Waals surface area contributed by atoms with Crippen LogP contribution in [0.2, 0.25) is 0 Å². The first-order valence-electron chi connectivity index (χ1n) is 2.84. The van der Waals surface area contributed by atoms with Crippen LogP contribution in [0.5, 0.6) is 0 Å². The summed E-state index contributed by atoms with van der Waals surface area (Å²) in [6, 6.07) is 0. The summed E-state index contributed by atoms with van der Waals surface area (Å²) in [6.07, 6.45) is 0. The number of hydrogen-bond donors (Lipinski definition) is 0. The van der Waals surface area contributed by atoms with Gasteiger partial charge < -0.3 is 20.1 Å². The molecule has 4 heteroatoms. The quantitative estimate of drug-likeness (QED) is 0.320. The third-order valence-electron chi connectivity index (χ3n) is 1.42. The number of morpholine rings is 1. The molecule has 1 rings (SSSR count). The number of hydrogen-bond acceptors (Lipinski definition) is 2. The predicted octanol–water partition coefficient (Wildman–Crippen LogP) is -0.864. The maximum atomic E-state index is 11.0. The van der Waals surface area contributed by atoms with Crippen molar-refractivity contribution in [2.24, 2.45) is 0 Å². The maximum absolute atomic E-state index is 11.0. The summed E-state index contributed by atoms with van der Waals surface area (Å²) in [5.41, 5.74) is 0. The molecule has 1 aliphatic heterocycles. The van der Waals surface area contributed by atoms with Crippen molar-refractivity contribution in [3.05, 3.63) is 5.21 Å². The molecule has 56 valence electrons. The normalized spacial score (nSPS) is 24.7. The monoisotopic (exact) mass is 135 g/mol. The highest BCUT2D eigenvalue weighted by atomic mass is 16.6. The van der Waals surface area contributed by atoms with Crippen LogP contribution < -0.4 is 0 Å². The molecule has 0 aromatic rings. The van der Waals surface area contributed by atoms with E-state index in [-0.39, 0.29) is 10.1 Å². The van der Waals surface area contributed by atoms with Crippen LogP contribution in [-0.4, -0.2) is 43.5 Å². The van der Waals surface area contributed by atoms with Crippen LogP contribution >= 0.6 is 0 Å². The van der Waals surface area contributed by atoms with Gasteiger partial charge in [-0.3, -0.25) is 0 Å². The Bertz CT molecular complexity index is 76.3. The third-order valence-corrected chi connectivity index (χ3v) is 1.42. The summed E-state index contributed by atoms with van der Waals surface area (Å²) >= 11 is 0. The van der Waals surface area contributed by atoms with Crippen molar-refractivity contribution in [3.63, 3.8) is 0 Å². The second kappa shape index (κ2) is 3.12. The standard InChI is InChI=1S/C5H11NO2.H2O/c1-6(7)2-4-8-5-3-6;/h2-5H2,1H3;1H2. The largest absolute Gasteiger partial charge is 0.633 e. The molecule has 1 heterocycles. The van der Waals surface area contributed by atoms with E-state index in [2.05, 4.69) is 0 Å². The van der Waals surface area contributed by atoms with E-state index < -0.39 is 0 Å². The predicted molar refractivity (Wildman–Crippen MR) is 33.7 cm³/mol. The van der Waals surface area contributed by atoms with Gasteiger partial charge in [-0.25, -0.2) is 0 Å². The Morgan fingerprint density at radius 3 is 2.00 bits per heavy atom. The number of quaternary nitrogens is 1. The Labute approximate surface area is 54.5 Å². The minimum atomic E-state index is -0.125. The lowest BCUT2D eigenvalue weighted by Gasteiger charge is -2.41. The highest BCUT2D eigenvalue weighted by Gasteiger charge is 2.13. The Kier molecular flexibility index (Phi) is 3.07. The molecule has 9 heavy (non-hydrogen) atoms. The first-order valence-corrected chi connectivity index (χ1v) is 2.84. The molecule has 2 N–H and O–H groups in total. The van der Waals surface area contributed by atoms with E-state index >= 15 is 0 Å². The summed E-state index contributed by atoms with van der Waals surface area (Å²) in [7, 11) is 1.68. The van der Waals surface area contributed by atoms with Crippen LogP contribution in [0.25, 0.3) is 0 Å². The van der Waals surface area contributed by atoms with Gasteiger partial charge in [-0.2, -0.15) is 0 Å². The molecule has 0 amide bonds. The van der Waals surface area contributed by atoms with E-state index in [4.69, 9.17) is 4.74 Å². The number of rotatable bonds is 0. The Morgan fingerprint density at radius 1 is 1.33 bits per heavy atom. The molecule has 0 radical (unpaired) electrons. The minimum Gasteiger partial charge on any atom is -0.633 e. The molecule has 0 spiro atoms. The lowest BCUT2D eigenvalue weighted by molar-refractivity contribution is -0.869. The van der Waals surface area contributed by atoms with Crippen molar-refractivity contribution >= 4 is 0 Å². The summed E-state index contributed by atoms with van der Waals surface area (Å²) in [6.45, 7) is 2.47. The van der Waals surface area contributed by atoms with Gasteiger partial charge in [-0.1, -0.05) is 0 Å². The number of likely N-dealkylation sites (N-methyl/N-ethyl adjacent to an activating group) is 1. The Balaban J connectivity index is 0.000000640. The average Bonchev–Trinajstić information content (AvgIpc) is 1.65. The van der Waals surface area contributed by atoms with E-state index in [9.17, 15) is 5.21 Å². The van der Waals surface area contributed by atoms with Crippen LogP contribution in [0.1, 0.15) is 0 Å². The zero-order valence-corrected chi connectivity index (χ0v) is 5.59. The Morgan fingerprint density at radius 2 is 1.78 bits per heavy atom. The van der Waals surface area contributed by atoms with Crippen molar-refractivity contribution in [1.82, 2.24) is 0 Å². The van der Waals surface area contributed by atoms with Crippen LogP contribution in [0.4, 0.5) is 0 Å². The van der Waals surface area contributed by atoms with Gasteiger partial charge in [-0.05, 0) is 0 Å². The van der Waals surface area contributed by atoms with E-state index in [0.29, 0.717) is 26.3 Å². The highest BCUT2D eigenvalue weighted by molar-refractivity contribution is 4.44. The molecular formula is C5H13NO3. The molecular weight excluding hydrogens is 122 g/mol. The van der Waals surface area contributed by atoms with Crippen LogP contribution in [-0.2, 0) is 4.74 Å². The zero-order chi connectivity index (χ0) is 6.04. The molecule has 0 aromatic heterocycles. The Hall–Kier alpha value is -0.160. The lowest BCUT2D eigenvalue weighted by atomic mass is 10.4. The van der Waals surface area contributed by atoms with Crippen molar-refractivity contribution in [2.75, 3.05) is 33.4 Å². The molecule has 0 aromatic carbocycles. The van der Waals surface area contributed by atoms with E-state index in [1.165, 1.54) is 0 Å². The number of hydroxylamine groups is 3. The van der Waals surface area contributed by atoms with Gasteiger partial charge in [-0.15, -0.1) is 0 Å². The SMILES string of the molecule is C[N+]1([O-])CCOCC1.O. The molecule has 0 aliphatic carbocycles. The third kappa shape index (κ3) is 2.76. The van der Waals surface area contributed by atoms with Crippen LogP contribution in [0, 0.1) is 5.21 Å². The highest BCUT2D eigenvalue weighted by Crippen LogP contribution is 2.02. The van der Waals surface area contributed by atoms with E-state index in [1.807, 2.05) is 0 Å². The van der Waals surface area contributed by atoms with Crippen molar-refractivity contribution in [3.8, 4) is 0 Å². The van der Waals surface area contributed by atoms with Crippen molar-refractivity contribution in [1.29, 1.82) is 0 Å². The molecule has 0 bridgehead atoms. The zero-order valence-electron chi connectivity index (χ0n) is 5.59. The minimum absolute atomic E-state index is 0. The van der Waals surface area contributed by atoms with Crippen molar-refractivity contribution in [2.45, 2.75) is 0 Å². The van der Waals surface area contributed by atoms with Gasteiger partial charge in [0, 0.05) is 0 Å². The van der Waals surface area contributed by atoms with Gasteiger partial charge in [0.15, 0.2) is 0 Å². The maximum Gasteiger partial charge on any atom is 0.102 e. The topological polar surface area (TPSA) is 63.8 Å². The first kappa shape index (κ1) is 8.84. The first-order chi connectivity index (χ1) is 3.71. The van der Waals surface area contributed by atoms with Gasteiger partial charge in [0.05, 0.1) is 20.3 Å². The molecule has 0 atom stereocenters. The summed E-state index contributed by atoms with van der Waals surface area (Å²) in [5.74, 6) is 0. The van der Waals surface area contributed by atoms with Gasteiger partial charge in [0.1, 0.15) is 13.1 Å². The second-order valence-corrected chi connectivity index (χ2v) is 2.36. The molecule has 0 unspecified atom stereocenters. The molecule has 1 saturated heterocycles. The van der Waals surface area contributed by atoms with E-state index in [1.54, 1.807) is 7.05 Å². The fourth-order valence-corrected chi connectivity index (χ4v) is 0.729. The van der Waals surface area contributed by atoms with E-state index in [0.717, 1.165) is 0 Å². The van der Waals surface area contributed by atoms with Crippen LogP contribution in [0.3, 0.4) is 0 Å². The number of ether oxygens (including phenoxy) is 1. The fourth-order valence-electron chi connectivity index (χ4n) is 0.729. The van der Waals surface area contributed by atoms with Crippen LogP contribution in [0.15, 0.2) is 0 Å². The molecule has 1 aliphatic rings. The molecule has 0 saturated carbocycles. The van der Waals surface area contributed by atoms with Gasteiger partial charge in [0.2, 0.25) is 0 Å².